The van der Waals surface area contributed by atoms with Crippen LogP contribution >= 0.6 is 11.3 Å². The minimum Gasteiger partial charge on any atom is -0.454 e. The van der Waals surface area contributed by atoms with Gasteiger partial charge in [-0.25, -0.2) is 4.39 Å². The Labute approximate surface area is 160 Å². The van der Waals surface area contributed by atoms with E-state index in [0.29, 0.717) is 30.8 Å². The van der Waals surface area contributed by atoms with E-state index in [1.165, 1.54) is 12.1 Å². The SMILES string of the molecule is O=C(CCc1ccc2c(c1)OCO2)N(Cc1cccs1)c1ccc(F)cc1. The van der Waals surface area contributed by atoms with E-state index in [4.69, 9.17) is 9.47 Å². The molecule has 138 valence electrons. The summed E-state index contributed by atoms with van der Waals surface area (Å²) in [6.45, 7) is 0.708. The van der Waals surface area contributed by atoms with E-state index in [0.717, 1.165) is 16.2 Å². The van der Waals surface area contributed by atoms with Crippen LogP contribution in [-0.4, -0.2) is 12.7 Å². The van der Waals surface area contributed by atoms with Crippen molar-refractivity contribution in [2.45, 2.75) is 19.4 Å². The Balaban J connectivity index is 1.48. The molecule has 1 amide bonds. The van der Waals surface area contributed by atoms with Crippen LogP contribution in [0.2, 0.25) is 0 Å². The maximum Gasteiger partial charge on any atom is 0.231 e. The minimum absolute atomic E-state index is 0.00678. The second-order valence-electron chi connectivity index (χ2n) is 6.22. The topological polar surface area (TPSA) is 38.8 Å². The maximum atomic E-state index is 13.3. The van der Waals surface area contributed by atoms with Crippen LogP contribution < -0.4 is 14.4 Å². The van der Waals surface area contributed by atoms with Gasteiger partial charge >= 0.3 is 0 Å². The highest BCUT2D eigenvalue weighted by molar-refractivity contribution is 7.09. The fourth-order valence-electron chi connectivity index (χ4n) is 2.99. The van der Waals surface area contributed by atoms with Gasteiger partial charge in [0.1, 0.15) is 5.82 Å². The van der Waals surface area contributed by atoms with Gasteiger partial charge in [0.15, 0.2) is 11.5 Å². The molecule has 2 aromatic carbocycles. The molecule has 0 atom stereocenters. The smallest absolute Gasteiger partial charge is 0.231 e. The zero-order valence-corrected chi connectivity index (χ0v) is 15.4. The molecule has 0 aliphatic carbocycles. The Kier molecular flexibility index (Phi) is 5.07. The van der Waals surface area contributed by atoms with Crippen LogP contribution in [-0.2, 0) is 17.8 Å². The third kappa shape index (κ3) is 4.11. The van der Waals surface area contributed by atoms with Crippen molar-refractivity contribution in [3.63, 3.8) is 0 Å². The summed E-state index contributed by atoms with van der Waals surface area (Å²) in [6, 6.07) is 15.7. The molecule has 3 aromatic rings. The molecule has 0 fully saturated rings. The Hall–Kier alpha value is -2.86. The monoisotopic (exact) mass is 383 g/mol. The summed E-state index contributed by atoms with van der Waals surface area (Å²) in [4.78, 5) is 15.7. The van der Waals surface area contributed by atoms with Gasteiger partial charge in [-0.2, -0.15) is 0 Å². The summed E-state index contributed by atoms with van der Waals surface area (Å²) < 4.78 is 24.0. The molecule has 0 radical (unpaired) electrons. The van der Waals surface area contributed by atoms with Gasteiger partial charge in [-0.05, 0) is 59.8 Å². The molecule has 0 unspecified atom stereocenters. The molecule has 27 heavy (non-hydrogen) atoms. The molecule has 4 nitrogen and oxygen atoms in total. The number of hydrogen-bond donors (Lipinski definition) is 0. The van der Waals surface area contributed by atoms with E-state index in [9.17, 15) is 9.18 Å². The Morgan fingerprint density at radius 3 is 2.67 bits per heavy atom. The number of amides is 1. The number of carbonyl (C=O) groups is 1. The number of fused-ring (bicyclic) bond motifs is 1. The molecular formula is C21H18FNO3S. The Morgan fingerprint density at radius 2 is 1.89 bits per heavy atom. The number of benzene rings is 2. The van der Waals surface area contributed by atoms with Crippen molar-refractivity contribution in [1.82, 2.24) is 0 Å². The standard InChI is InChI=1S/C21H18FNO3S/c22-16-5-7-17(8-6-16)23(13-18-2-1-11-27-18)21(24)10-4-15-3-9-19-20(12-15)26-14-25-19/h1-3,5-9,11-12H,4,10,13-14H2. The summed E-state index contributed by atoms with van der Waals surface area (Å²) in [6.07, 6.45) is 0.944. The number of ether oxygens (including phenoxy) is 2. The van der Waals surface area contributed by atoms with Crippen LogP contribution in [0.3, 0.4) is 0 Å². The molecule has 4 rings (SSSR count). The van der Waals surface area contributed by atoms with Crippen molar-refractivity contribution in [1.29, 1.82) is 0 Å². The summed E-state index contributed by atoms with van der Waals surface area (Å²) >= 11 is 1.60. The van der Waals surface area contributed by atoms with Gasteiger partial charge < -0.3 is 14.4 Å². The number of halogens is 1. The van der Waals surface area contributed by atoms with Gasteiger partial charge in [-0.1, -0.05) is 12.1 Å². The summed E-state index contributed by atoms with van der Waals surface area (Å²) in [5.74, 6) is 1.12. The third-order valence-corrected chi connectivity index (χ3v) is 5.26. The van der Waals surface area contributed by atoms with Gasteiger partial charge in [0, 0.05) is 17.0 Å². The molecule has 0 saturated carbocycles. The molecule has 6 heteroatoms. The van der Waals surface area contributed by atoms with Crippen molar-refractivity contribution < 1.29 is 18.7 Å². The highest BCUT2D eigenvalue weighted by Crippen LogP contribution is 2.33. The zero-order valence-electron chi connectivity index (χ0n) is 14.6. The molecule has 2 heterocycles. The summed E-state index contributed by atoms with van der Waals surface area (Å²) in [5.41, 5.74) is 1.71. The molecular weight excluding hydrogens is 365 g/mol. The molecule has 1 aliphatic rings. The predicted octanol–water partition coefficient (Wildman–Crippen LogP) is 4.78. The number of thiophene rings is 1. The molecule has 0 spiro atoms. The highest BCUT2D eigenvalue weighted by atomic mass is 32.1. The van der Waals surface area contributed by atoms with Crippen LogP contribution in [0.4, 0.5) is 10.1 Å². The van der Waals surface area contributed by atoms with Crippen LogP contribution in [0.15, 0.2) is 60.0 Å². The van der Waals surface area contributed by atoms with Crippen LogP contribution in [0.5, 0.6) is 11.5 Å². The summed E-state index contributed by atoms with van der Waals surface area (Å²) in [5, 5.41) is 1.98. The number of hydrogen-bond acceptors (Lipinski definition) is 4. The van der Waals surface area contributed by atoms with Crippen LogP contribution in [0.25, 0.3) is 0 Å². The molecule has 0 bridgehead atoms. The Morgan fingerprint density at radius 1 is 1.07 bits per heavy atom. The first-order chi connectivity index (χ1) is 13.2. The van der Waals surface area contributed by atoms with Gasteiger partial charge in [0.25, 0.3) is 0 Å². The number of carbonyl (C=O) groups excluding carboxylic acids is 1. The molecule has 1 aliphatic heterocycles. The molecule has 1 aromatic heterocycles. The first kappa shape index (κ1) is 17.5. The van der Waals surface area contributed by atoms with E-state index in [2.05, 4.69) is 0 Å². The number of nitrogens with zero attached hydrogens (tertiary/aromatic N) is 1. The second kappa shape index (κ2) is 7.80. The van der Waals surface area contributed by atoms with Gasteiger partial charge in [-0.15, -0.1) is 11.3 Å². The lowest BCUT2D eigenvalue weighted by atomic mass is 10.1. The van der Waals surface area contributed by atoms with E-state index in [1.54, 1.807) is 28.4 Å². The van der Waals surface area contributed by atoms with Gasteiger partial charge in [0.2, 0.25) is 12.7 Å². The summed E-state index contributed by atoms with van der Waals surface area (Å²) in [7, 11) is 0. The lowest BCUT2D eigenvalue weighted by molar-refractivity contribution is -0.118. The highest BCUT2D eigenvalue weighted by Gasteiger charge is 2.18. The molecule has 0 saturated heterocycles. The number of anilines is 1. The van der Waals surface area contributed by atoms with E-state index in [1.807, 2.05) is 35.7 Å². The fourth-order valence-corrected chi connectivity index (χ4v) is 3.68. The van der Waals surface area contributed by atoms with Crippen molar-refractivity contribution in [3.05, 3.63) is 76.2 Å². The average molecular weight is 383 g/mol. The van der Waals surface area contributed by atoms with Crippen molar-refractivity contribution >= 4 is 22.9 Å². The normalized spacial score (nSPS) is 12.2. The van der Waals surface area contributed by atoms with E-state index >= 15 is 0 Å². The molecule has 0 N–H and O–H groups in total. The second-order valence-corrected chi connectivity index (χ2v) is 7.26. The van der Waals surface area contributed by atoms with Crippen LogP contribution in [0.1, 0.15) is 16.9 Å². The van der Waals surface area contributed by atoms with Crippen LogP contribution in [0, 0.1) is 5.82 Å². The van der Waals surface area contributed by atoms with E-state index < -0.39 is 0 Å². The van der Waals surface area contributed by atoms with Gasteiger partial charge in [0.05, 0.1) is 6.54 Å². The first-order valence-electron chi connectivity index (χ1n) is 8.66. The van der Waals surface area contributed by atoms with Crippen molar-refractivity contribution in [3.8, 4) is 11.5 Å². The van der Waals surface area contributed by atoms with Crippen molar-refractivity contribution in [2.75, 3.05) is 11.7 Å². The predicted molar refractivity (Wildman–Crippen MR) is 103 cm³/mol. The minimum atomic E-state index is -0.317. The van der Waals surface area contributed by atoms with Crippen molar-refractivity contribution in [2.24, 2.45) is 0 Å². The first-order valence-corrected chi connectivity index (χ1v) is 9.54. The quantitative estimate of drug-likeness (QED) is 0.615. The lowest BCUT2D eigenvalue weighted by Crippen LogP contribution is -2.30. The largest absolute Gasteiger partial charge is 0.454 e. The van der Waals surface area contributed by atoms with Gasteiger partial charge in [-0.3, -0.25) is 4.79 Å². The fraction of sp³-hybridized carbons (Fsp3) is 0.190. The number of rotatable bonds is 6. The number of aryl methyl sites for hydroxylation is 1. The average Bonchev–Trinajstić information content (AvgIpc) is 3.36. The van der Waals surface area contributed by atoms with E-state index in [-0.39, 0.29) is 18.5 Å². The maximum absolute atomic E-state index is 13.3. The third-order valence-electron chi connectivity index (χ3n) is 4.40. The lowest BCUT2D eigenvalue weighted by Gasteiger charge is -2.22. The zero-order chi connectivity index (χ0) is 18.6. The Bertz CT molecular complexity index is 925.